The number of hydrogen-bond donors (Lipinski definition) is 2. The van der Waals surface area contributed by atoms with Gasteiger partial charge in [0.1, 0.15) is 11.5 Å². The molecule has 0 aromatic heterocycles. The maximum absolute atomic E-state index is 12.1. The molecule has 0 unspecified atom stereocenters. The van der Waals surface area contributed by atoms with Gasteiger partial charge in [0.2, 0.25) is 0 Å². The van der Waals surface area contributed by atoms with E-state index in [4.69, 9.17) is 0 Å². The Hall–Kier alpha value is -1.75. The molecule has 0 radical (unpaired) electrons. The summed E-state index contributed by atoms with van der Waals surface area (Å²) in [5.74, 6) is -0.455. The van der Waals surface area contributed by atoms with Crippen molar-refractivity contribution in [1.82, 2.24) is 9.80 Å². The topological polar surface area (TPSA) is 64.0 Å². The second-order valence-electron chi connectivity index (χ2n) is 4.98. The van der Waals surface area contributed by atoms with Gasteiger partial charge in [-0.3, -0.25) is 4.79 Å². The van der Waals surface area contributed by atoms with Gasteiger partial charge in [0.05, 0.1) is 5.56 Å². The molecule has 19 heavy (non-hydrogen) atoms. The summed E-state index contributed by atoms with van der Waals surface area (Å²) in [7, 11) is 1.73. The number of rotatable bonds is 4. The molecule has 5 heteroatoms. The monoisotopic (exact) mass is 264 g/mol. The minimum Gasteiger partial charge on any atom is -0.508 e. The molecule has 1 aliphatic rings. The van der Waals surface area contributed by atoms with Gasteiger partial charge in [0.15, 0.2) is 0 Å². The van der Waals surface area contributed by atoms with Crippen LogP contribution in [0.1, 0.15) is 23.2 Å². The van der Waals surface area contributed by atoms with Gasteiger partial charge < -0.3 is 20.0 Å². The predicted molar refractivity (Wildman–Crippen MR) is 72.4 cm³/mol. The first-order valence-electron chi connectivity index (χ1n) is 6.58. The second-order valence-corrected chi connectivity index (χ2v) is 4.98. The van der Waals surface area contributed by atoms with Gasteiger partial charge in [0.25, 0.3) is 5.91 Å². The van der Waals surface area contributed by atoms with E-state index < -0.39 is 0 Å². The number of likely N-dealkylation sites (tertiary alicyclic amines) is 1. The van der Waals surface area contributed by atoms with Crippen LogP contribution < -0.4 is 0 Å². The van der Waals surface area contributed by atoms with Crippen molar-refractivity contribution in [2.24, 2.45) is 0 Å². The van der Waals surface area contributed by atoms with Crippen molar-refractivity contribution < 1.29 is 15.0 Å². The number of likely N-dealkylation sites (N-methyl/N-ethyl adjacent to an activating group) is 1. The number of carbonyl (C=O) groups excluding carboxylic acids is 1. The molecule has 1 saturated heterocycles. The highest BCUT2D eigenvalue weighted by molar-refractivity contribution is 5.96. The summed E-state index contributed by atoms with van der Waals surface area (Å²) in [6.45, 7) is 3.71. The Labute approximate surface area is 113 Å². The van der Waals surface area contributed by atoms with E-state index in [-0.39, 0.29) is 23.0 Å². The van der Waals surface area contributed by atoms with Crippen molar-refractivity contribution in [1.29, 1.82) is 0 Å². The van der Waals surface area contributed by atoms with E-state index in [9.17, 15) is 15.0 Å². The number of nitrogens with zero attached hydrogens (tertiary/aromatic N) is 2. The van der Waals surface area contributed by atoms with Crippen LogP contribution in [0.3, 0.4) is 0 Å². The van der Waals surface area contributed by atoms with E-state index in [0.29, 0.717) is 6.54 Å². The molecule has 1 amide bonds. The van der Waals surface area contributed by atoms with E-state index in [2.05, 4.69) is 4.90 Å². The van der Waals surface area contributed by atoms with Crippen LogP contribution in [0.2, 0.25) is 0 Å². The first-order valence-corrected chi connectivity index (χ1v) is 6.58. The number of carbonyl (C=O) groups is 1. The smallest absolute Gasteiger partial charge is 0.257 e. The van der Waals surface area contributed by atoms with Gasteiger partial charge in [-0.05, 0) is 38.1 Å². The zero-order valence-electron chi connectivity index (χ0n) is 11.2. The van der Waals surface area contributed by atoms with Crippen LogP contribution in [0.5, 0.6) is 11.5 Å². The Morgan fingerprint density at radius 3 is 2.63 bits per heavy atom. The van der Waals surface area contributed by atoms with Crippen LogP contribution >= 0.6 is 0 Å². The minimum atomic E-state index is -0.225. The molecule has 1 heterocycles. The highest BCUT2D eigenvalue weighted by Crippen LogP contribution is 2.23. The number of aromatic hydroxyl groups is 2. The summed E-state index contributed by atoms with van der Waals surface area (Å²) in [6, 6.07) is 4.03. The number of hydrogen-bond acceptors (Lipinski definition) is 4. The van der Waals surface area contributed by atoms with E-state index in [1.165, 1.54) is 31.0 Å². The zero-order valence-corrected chi connectivity index (χ0v) is 11.2. The summed E-state index contributed by atoms with van der Waals surface area (Å²) < 4.78 is 0. The van der Waals surface area contributed by atoms with Crippen molar-refractivity contribution in [2.75, 3.05) is 33.2 Å². The first-order chi connectivity index (χ1) is 9.08. The molecule has 5 nitrogen and oxygen atoms in total. The number of phenols is 2. The van der Waals surface area contributed by atoms with Gasteiger partial charge in [0, 0.05) is 26.2 Å². The molecule has 0 saturated carbocycles. The van der Waals surface area contributed by atoms with Gasteiger partial charge >= 0.3 is 0 Å². The van der Waals surface area contributed by atoms with Crippen molar-refractivity contribution >= 4 is 5.91 Å². The van der Waals surface area contributed by atoms with Crippen LogP contribution in [0.25, 0.3) is 0 Å². The lowest BCUT2D eigenvalue weighted by atomic mass is 10.1. The largest absolute Gasteiger partial charge is 0.508 e. The summed E-state index contributed by atoms with van der Waals surface area (Å²) in [5.41, 5.74) is 0.224. The molecule has 0 bridgehead atoms. The van der Waals surface area contributed by atoms with Crippen molar-refractivity contribution in [3.63, 3.8) is 0 Å². The zero-order chi connectivity index (χ0) is 13.8. The van der Waals surface area contributed by atoms with Crippen molar-refractivity contribution in [2.45, 2.75) is 12.8 Å². The average Bonchev–Trinajstić information content (AvgIpc) is 2.88. The number of phenolic OH excluding ortho intramolecular Hbond substituents is 2. The highest BCUT2D eigenvalue weighted by Gasteiger charge is 2.18. The normalized spacial score (nSPS) is 15.6. The molecule has 1 aromatic carbocycles. The highest BCUT2D eigenvalue weighted by atomic mass is 16.3. The summed E-state index contributed by atoms with van der Waals surface area (Å²) in [5, 5.41) is 18.9. The lowest BCUT2D eigenvalue weighted by molar-refractivity contribution is 0.0779. The summed E-state index contributed by atoms with van der Waals surface area (Å²) in [4.78, 5) is 16.1. The molecule has 0 aliphatic carbocycles. The molecule has 2 rings (SSSR count). The van der Waals surface area contributed by atoms with Crippen LogP contribution in [0.15, 0.2) is 18.2 Å². The van der Waals surface area contributed by atoms with Crippen LogP contribution in [-0.4, -0.2) is 59.1 Å². The lowest BCUT2D eigenvalue weighted by Gasteiger charge is -2.21. The molecular formula is C14H20N2O3. The Bertz CT molecular complexity index is 456. The van der Waals surface area contributed by atoms with E-state index in [0.717, 1.165) is 19.6 Å². The maximum atomic E-state index is 12.1. The van der Waals surface area contributed by atoms with E-state index in [1.807, 2.05) is 0 Å². The Morgan fingerprint density at radius 2 is 2.00 bits per heavy atom. The molecule has 2 N–H and O–H groups in total. The predicted octanol–water partition coefficient (Wildman–Crippen LogP) is 1.27. The van der Waals surface area contributed by atoms with E-state index >= 15 is 0 Å². The molecule has 1 aromatic rings. The van der Waals surface area contributed by atoms with Crippen LogP contribution in [0.4, 0.5) is 0 Å². The fourth-order valence-electron chi connectivity index (χ4n) is 2.31. The van der Waals surface area contributed by atoms with Crippen molar-refractivity contribution in [3.05, 3.63) is 23.8 Å². The minimum absolute atomic E-state index is 0.0474. The van der Waals surface area contributed by atoms with Gasteiger partial charge in [-0.1, -0.05) is 0 Å². The third-order valence-corrected chi connectivity index (χ3v) is 3.51. The van der Waals surface area contributed by atoms with Gasteiger partial charge in [-0.25, -0.2) is 0 Å². The fraction of sp³-hybridized carbons (Fsp3) is 0.500. The van der Waals surface area contributed by atoms with E-state index in [1.54, 1.807) is 11.9 Å². The molecule has 0 atom stereocenters. The van der Waals surface area contributed by atoms with Crippen LogP contribution in [-0.2, 0) is 0 Å². The average molecular weight is 264 g/mol. The quantitative estimate of drug-likeness (QED) is 0.859. The second kappa shape index (κ2) is 5.93. The molecule has 104 valence electrons. The van der Waals surface area contributed by atoms with Gasteiger partial charge in [-0.2, -0.15) is 0 Å². The third-order valence-electron chi connectivity index (χ3n) is 3.51. The number of benzene rings is 1. The Kier molecular flexibility index (Phi) is 4.27. The number of amides is 1. The van der Waals surface area contributed by atoms with Gasteiger partial charge in [-0.15, -0.1) is 0 Å². The molecule has 1 aliphatic heterocycles. The Balaban J connectivity index is 1.94. The maximum Gasteiger partial charge on any atom is 0.257 e. The molecular weight excluding hydrogens is 244 g/mol. The molecule has 0 spiro atoms. The SMILES string of the molecule is CN(CCN1CCCC1)C(=O)c1ccc(O)cc1O. The Morgan fingerprint density at radius 1 is 1.32 bits per heavy atom. The first kappa shape index (κ1) is 13.7. The third kappa shape index (κ3) is 3.38. The fourth-order valence-corrected chi connectivity index (χ4v) is 2.31. The summed E-state index contributed by atoms with van der Waals surface area (Å²) >= 11 is 0. The standard InChI is InChI=1S/C14H20N2O3/c1-15(8-9-16-6-2-3-7-16)14(19)12-5-4-11(17)10-13(12)18/h4-5,10,17-18H,2-3,6-9H2,1H3. The summed E-state index contributed by atoms with van der Waals surface area (Å²) in [6.07, 6.45) is 2.47. The molecule has 1 fully saturated rings. The van der Waals surface area contributed by atoms with Crippen LogP contribution in [0, 0.1) is 0 Å². The lowest BCUT2D eigenvalue weighted by Crippen LogP contribution is -2.35. The van der Waals surface area contributed by atoms with Crippen molar-refractivity contribution in [3.8, 4) is 11.5 Å².